The van der Waals surface area contributed by atoms with Gasteiger partial charge in [-0.2, -0.15) is 0 Å². The SMILES string of the molecule is CCN(CC)C(=O)CCc1c(C)nc(SC)[nH]c1=O. The fraction of sp³-hybridized carbons (Fsp3) is 0.615. The maximum atomic E-state index is 11.9. The highest BCUT2D eigenvalue weighted by atomic mass is 32.2. The summed E-state index contributed by atoms with van der Waals surface area (Å²) in [7, 11) is 0. The Hall–Kier alpha value is -1.30. The van der Waals surface area contributed by atoms with Gasteiger partial charge in [0.2, 0.25) is 5.91 Å². The molecule has 0 bridgehead atoms. The third-order valence-corrected chi connectivity index (χ3v) is 3.68. The first-order valence-electron chi connectivity index (χ1n) is 6.45. The van der Waals surface area contributed by atoms with Gasteiger partial charge in [-0.1, -0.05) is 11.8 Å². The van der Waals surface area contributed by atoms with E-state index in [1.54, 1.807) is 4.90 Å². The zero-order chi connectivity index (χ0) is 14.4. The Morgan fingerprint density at radius 2 is 2.00 bits per heavy atom. The lowest BCUT2D eigenvalue weighted by Crippen LogP contribution is -2.31. The summed E-state index contributed by atoms with van der Waals surface area (Å²) in [5.41, 5.74) is 1.18. The van der Waals surface area contributed by atoms with Crippen LogP contribution in [0.2, 0.25) is 0 Å². The van der Waals surface area contributed by atoms with Crippen molar-refractivity contribution in [2.75, 3.05) is 19.3 Å². The molecule has 0 saturated heterocycles. The minimum Gasteiger partial charge on any atom is -0.343 e. The van der Waals surface area contributed by atoms with Gasteiger partial charge in [0.05, 0.1) is 0 Å². The standard InChI is InChI=1S/C13H21N3O2S/c1-5-16(6-2)11(17)8-7-10-9(3)14-13(19-4)15-12(10)18/h5-8H2,1-4H3,(H,14,15,18). The number of amides is 1. The van der Waals surface area contributed by atoms with Crippen LogP contribution < -0.4 is 5.56 Å². The molecular weight excluding hydrogens is 262 g/mol. The topological polar surface area (TPSA) is 66.1 Å². The smallest absolute Gasteiger partial charge is 0.254 e. The number of nitrogens with zero attached hydrogens (tertiary/aromatic N) is 2. The van der Waals surface area contributed by atoms with Gasteiger partial charge in [-0.15, -0.1) is 0 Å². The van der Waals surface area contributed by atoms with Crippen molar-refractivity contribution in [3.8, 4) is 0 Å². The summed E-state index contributed by atoms with van der Waals surface area (Å²) in [6.07, 6.45) is 2.66. The minimum atomic E-state index is -0.135. The fourth-order valence-corrected chi connectivity index (χ4v) is 2.37. The first kappa shape index (κ1) is 15.8. The summed E-state index contributed by atoms with van der Waals surface area (Å²) < 4.78 is 0. The lowest BCUT2D eigenvalue weighted by atomic mass is 10.1. The van der Waals surface area contributed by atoms with Crippen LogP contribution >= 0.6 is 11.8 Å². The van der Waals surface area contributed by atoms with Crippen molar-refractivity contribution in [2.45, 2.75) is 38.8 Å². The van der Waals surface area contributed by atoms with E-state index >= 15 is 0 Å². The molecule has 0 aliphatic carbocycles. The van der Waals surface area contributed by atoms with Crippen LogP contribution in [0.4, 0.5) is 0 Å². The van der Waals surface area contributed by atoms with Crippen LogP contribution in [0.15, 0.2) is 9.95 Å². The van der Waals surface area contributed by atoms with Crippen LogP contribution in [-0.4, -0.2) is 40.1 Å². The Balaban J connectivity index is 2.79. The summed E-state index contributed by atoms with van der Waals surface area (Å²) in [6, 6.07) is 0. The second-order valence-corrected chi connectivity index (χ2v) is 5.00. The number of aromatic amines is 1. The van der Waals surface area contributed by atoms with E-state index in [1.165, 1.54) is 11.8 Å². The van der Waals surface area contributed by atoms with Crippen LogP contribution in [0.5, 0.6) is 0 Å². The molecule has 0 aromatic carbocycles. The van der Waals surface area contributed by atoms with E-state index in [-0.39, 0.29) is 11.5 Å². The summed E-state index contributed by atoms with van der Waals surface area (Å²) in [4.78, 5) is 32.6. The number of carbonyl (C=O) groups is 1. The molecule has 1 aromatic heterocycles. The number of H-pyrrole nitrogens is 1. The highest BCUT2D eigenvalue weighted by Gasteiger charge is 2.13. The lowest BCUT2D eigenvalue weighted by molar-refractivity contribution is -0.130. The molecule has 0 spiro atoms. The molecule has 1 N–H and O–H groups in total. The van der Waals surface area contributed by atoms with Crippen LogP contribution in [0, 0.1) is 6.92 Å². The van der Waals surface area contributed by atoms with E-state index in [0.29, 0.717) is 42.3 Å². The summed E-state index contributed by atoms with van der Waals surface area (Å²) in [5, 5.41) is 0.612. The average Bonchev–Trinajstić information content (AvgIpc) is 2.38. The Kier molecular flexibility index (Phi) is 6.08. The van der Waals surface area contributed by atoms with Crippen molar-refractivity contribution in [2.24, 2.45) is 0 Å². The highest BCUT2D eigenvalue weighted by molar-refractivity contribution is 7.98. The molecule has 6 heteroatoms. The largest absolute Gasteiger partial charge is 0.343 e. The molecule has 19 heavy (non-hydrogen) atoms. The maximum absolute atomic E-state index is 11.9. The van der Waals surface area contributed by atoms with Crippen molar-refractivity contribution in [3.63, 3.8) is 0 Å². The summed E-state index contributed by atoms with van der Waals surface area (Å²) in [6.45, 7) is 7.12. The van der Waals surface area contributed by atoms with E-state index in [1.807, 2.05) is 27.0 Å². The highest BCUT2D eigenvalue weighted by Crippen LogP contribution is 2.10. The average molecular weight is 283 g/mol. The molecule has 0 aliphatic rings. The van der Waals surface area contributed by atoms with Crippen LogP contribution in [0.1, 0.15) is 31.5 Å². The van der Waals surface area contributed by atoms with Crippen LogP contribution in [0.3, 0.4) is 0 Å². The molecule has 1 aromatic rings. The van der Waals surface area contributed by atoms with Gasteiger partial charge in [0.1, 0.15) is 0 Å². The van der Waals surface area contributed by atoms with E-state index in [9.17, 15) is 9.59 Å². The molecular formula is C13H21N3O2S. The third kappa shape index (κ3) is 4.09. The predicted octanol–water partition coefficient (Wildman–Crippen LogP) is 1.60. The molecule has 0 atom stereocenters. The Morgan fingerprint density at radius 3 is 2.47 bits per heavy atom. The van der Waals surface area contributed by atoms with E-state index in [0.717, 1.165) is 0 Å². The van der Waals surface area contributed by atoms with Crippen LogP contribution in [0.25, 0.3) is 0 Å². The molecule has 1 heterocycles. The number of nitrogens with one attached hydrogen (secondary N) is 1. The molecule has 1 amide bonds. The predicted molar refractivity (Wildman–Crippen MR) is 77.6 cm³/mol. The van der Waals surface area contributed by atoms with E-state index in [2.05, 4.69) is 9.97 Å². The first-order valence-corrected chi connectivity index (χ1v) is 7.67. The second-order valence-electron chi connectivity index (χ2n) is 4.21. The Morgan fingerprint density at radius 1 is 1.37 bits per heavy atom. The zero-order valence-electron chi connectivity index (χ0n) is 11.9. The quantitative estimate of drug-likeness (QED) is 0.636. The Bertz CT molecular complexity index is 495. The third-order valence-electron chi connectivity index (χ3n) is 3.10. The second kappa shape index (κ2) is 7.33. The fourth-order valence-electron chi connectivity index (χ4n) is 1.94. The number of rotatable bonds is 6. The summed E-state index contributed by atoms with van der Waals surface area (Å²) in [5.74, 6) is 0.0812. The van der Waals surface area contributed by atoms with Gasteiger partial charge in [-0.25, -0.2) is 4.98 Å². The molecule has 0 aliphatic heterocycles. The van der Waals surface area contributed by atoms with Gasteiger partial charge >= 0.3 is 0 Å². The molecule has 5 nitrogen and oxygen atoms in total. The number of carbonyl (C=O) groups excluding carboxylic acids is 1. The van der Waals surface area contributed by atoms with E-state index < -0.39 is 0 Å². The van der Waals surface area contributed by atoms with Gasteiger partial charge in [0.15, 0.2) is 5.16 Å². The van der Waals surface area contributed by atoms with Crippen molar-refractivity contribution in [3.05, 3.63) is 21.6 Å². The maximum Gasteiger partial charge on any atom is 0.254 e. The number of thioether (sulfide) groups is 1. The van der Waals surface area contributed by atoms with E-state index in [4.69, 9.17) is 0 Å². The zero-order valence-corrected chi connectivity index (χ0v) is 12.8. The molecule has 0 unspecified atom stereocenters. The van der Waals surface area contributed by atoms with Crippen molar-refractivity contribution in [1.82, 2.24) is 14.9 Å². The molecule has 0 saturated carbocycles. The monoisotopic (exact) mass is 283 g/mol. The molecule has 0 fully saturated rings. The normalized spacial score (nSPS) is 10.5. The number of hydrogen-bond acceptors (Lipinski definition) is 4. The Labute approximate surface area is 117 Å². The van der Waals surface area contributed by atoms with Crippen molar-refractivity contribution >= 4 is 17.7 Å². The molecule has 0 radical (unpaired) electrons. The van der Waals surface area contributed by atoms with Gasteiger partial charge < -0.3 is 9.88 Å². The van der Waals surface area contributed by atoms with Crippen molar-refractivity contribution < 1.29 is 4.79 Å². The van der Waals surface area contributed by atoms with Gasteiger partial charge in [0.25, 0.3) is 5.56 Å². The number of hydrogen-bond donors (Lipinski definition) is 1. The molecule has 106 valence electrons. The lowest BCUT2D eigenvalue weighted by Gasteiger charge is -2.18. The van der Waals surface area contributed by atoms with Gasteiger partial charge in [-0.3, -0.25) is 9.59 Å². The van der Waals surface area contributed by atoms with Crippen LogP contribution in [-0.2, 0) is 11.2 Å². The van der Waals surface area contributed by atoms with Crippen molar-refractivity contribution in [1.29, 1.82) is 0 Å². The summed E-state index contributed by atoms with van der Waals surface area (Å²) >= 11 is 1.40. The van der Waals surface area contributed by atoms with Gasteiger partial charge in [0, 0.05) is 30.8 Å². The molecule has 1 rings (SSSR count). The van der Waals surface area contributed by atoms with Gasteiger partial charge in [-0.05, 0) is 33.4 Å². The first-order chi connectivity index (χ1) is 9.03. The number of aromatic nitrogens is 2. The minimum absolute atomic E-state index is 0.0812. The number of aryl methyl sites for hydroxylation is 1.